The normalized spacial score (nSPS) is 10.4. The molecule has 0 unspecified atom stereocenters. The molecule has 5 heteroatoms. The fraction of sp³-hybridized carbons (Fsp3) is 0.111. The Balaban J connectivity index is 2.18. The molecule has 0 saturated carbocycles. The molecule has 1 aromatic carbocycles. The Kier molecular flexibility index (Phi) is 2.70. The van der Waals surface area contributed by atoms with E-state index in [2.05, 4.69) is 14.7 Å². The van der Waals surface area contributed by atoms with Crippen molar-refractivity contribution >= 4 is 23.2 Å². The SMILES string of the molecule is Clc1cccc(Cc2noc(Cl)n2)c1. The zero-order chi connectivity index (χ0) is 9.97. The highest BCUT2D eigenvalue weighted by Gasteiger charge is 2.04. The van der Waals surface area contributed by atoms with Gasteiger partial charge in [0, 0.05) is 11.4 Å². The standard InChI is InChI=1S/C9H6Cl2N2O/c10-7-3-1-2-6(4-7)5-8-12-9(11)14-13-8/h1-4H,5H2. The average Bonchev–Trinajstić information content (AvgIpc) is 2.51. The summed E-state index contributed by atoms with van der Waals surface area (Å²) in [4.78, 5) is 3.88. The van der Waals surface area contributed by atoms with Crippen molar-refractivity contribution in [2.45, 2.75) is 6.42 Å². The summed E-state index contributed by atoms with van der Waals surface area (Å²) in [6.07, 6.45) is 0.566. The smallest absolute Gasteiger partial charge is 0.320 e. The van der Waals surface area contributed by atoms with Crippen LogP contribution in [0.1, 0.15) is 11.4 Å². The first-order chi connectivity index (χ1) is 6.74. The van der Waals surface area contributed by atoms with Gasteiger partial charge in [-0.05, 0) is 29.3 Å². The first kappa shape index (κ1) is 9.49. The van der Waals surface area contributed by atoms with Crippen molar-refractivity contribution in [2.75, 3.05) is 0 Å². The molecule has 2 aromatic rings. The molecule has 14 heavy (non-hydrogen) atoms. The number of halogens is 2. The van der Waals surface area contributed by atoms with Crippen LogP contribution in [-0.4, -0.2) is 10.1 Å². The van der Waals surface area contributed by atoms with Gasteiger partial charge >= 0.3 is 5.35 Å². The van der Waals surface area contributed by atoms with Crippen molar-refractivity contribution < 1.29 is 4.52 Å². The molecule has 3 nitrogen and oxygen atoms in total. The minimum Gasteiger partial charge on any atom is -0.321 e. The predicted molar refractivity (Wildman–Crippen MR) is 53.6 cm³/mol. The molecule has 2 rings (SSSR count). The number of aromatic nitrogens is 2. The molecule has 0 aliphatic rings. The maximum Gasteiger partial charge on any atom is 0.320 e. The molecule has 1 aromatic heterocycles. The Labute approximate surface area is 90.6 Å². The number of nitrogens with zero attached hydrogens (tertiary/aromatic N) is 2. The summed E-state index contributed by atoms with van der Waals surface area (Å²) in [6.45, 7) is 0. The molecule has 0 atom stereocenters. The molecule has 0 radical (unpaired) electrons. The van der Waals surface area contributed by atoms with E-state index in [0.717, 1.165) is 5.56 Å². The van der Waals surface area contributed by atoms with E-state index in [1.54, 1.807) is 0 Å². The molecule has 0 saturated heterocycles. The Morgan fingerprint density at radius 1 is 1.29 bits per heavy atom. The second-order valence-electron chi connectivity index (χ2n) is 2.77. The van der Waals surface area contributed by atoms with Crippen LogP contribution in [0.2, 0.25) is 10.4 Å². The van der Waals surface area contributed by atoms with Gasteiger partial charge in [0.1, 0.15) is 0 Å². The van der Waals surface area contributed by atoms with Crippen molar-refractivity contribution in [1.82, 2.24) is 10.1 Å². The fourth-order valence-corrected chi connectivity index (χ4v) is 1.48. The van der Waals surface area contributed by atoms with Crippen molar-refractivity contribution in [3.05, 3.63) is 46.0 Å². The van der Waals surface area contributed by atoms with Crippen LogP contribution in [0.3, 0.4) is 0 Å². The van der Waals surface area contributed by atoms with Crippen LogP contribution < -0.4 is 0 Å². The number of benzene rings is 1. The summed E-state index contributed by atoms with van der Waals surface area (Å²) >= 11 is 11.3. The number of hydrogen-bond acceptors (Lipinski definition) is 3. The van der Waals surface area contributed by atoms with E-state index < -0.39 is 0 Å². The van der Waals surface area contributed by atoms with Crippen LogP contribution in [-0.2, 0) is 6.42 Å². The third kappa shape index (κ3) is 2.25. The van der Waals surface area contributed by atoms with Gasteiger partial charge < -0.3 is 4.52 Å². The molecule has 72 valence electrons. The predicted octanol–water partition coefficient (Wildman–Crippen LogP) is 2.97. The van der Waals surface area contributed by atoms with E-state index in [9.17, 15) is 0 Å². The van der Waals surface area contributed by atoms with E-state index in [1.165, 1.54) is 0 Å². The van der Waals surface area contributed by atoms with Crippen LogP contribution in [0.15, 0.2) is 28.8 Å². The largest absolute Gasteiger partial charge is 0.321 e. The zero-order valence-electron chi connectivity index (χ0n) is 7.08. The molecule has 0 aliphatic heterocycles. The van der Waals surface area contributed by atoms with E-state index in [4.69, 9.17) is 23.2 Å². The van der Waals surface area contributed by atoms with Gasteiger partial charge in [-0.1, -0.05) is 28.9 Å². The van der Waals surface area contributed by atoms with Crippen LogP contribution >= 0.6 is 23.2 Å². The van der Waals surface area contributed by atoms with E-state index in [1.807, 2.05) is 24.3 Å². The topological polar surface area (TPSA) is 38.9 Å². The Morgan fingerprint density at radius 3 is 2.79 bits per heavy atom. The maximum absolute atomic E-state index is 5.83. The second kappa shape index (κ2) is 3.98. The lowest BCUT2D eigenvalue weighted by atomic mass is 10.1. The molecule has 0 aliphatic carbocycles. The van der Waals surface area contributed by atoms with Crippen molar-refractivity contribution in [3.8, 4) is 0 Å². The third-order valence-corrected chi connectivity index (χ3v) is 2.08. The zero-order valence-corrected chi connectivity index (χ0v) is 8.59. The first-order valence-electron chi connectivity index (χ1n) is 3.96. The second-order valence-corrected chi connectivity index (χ2v) is 3.53. The monoisotopic (exact) mass is 228 g/mol. The van der Waals surface area contributed by atoms with Gasteiger partial charge in [-0.25, -0.2) is 0 Å². The lowest BCUT2D eigenvalue weighted by molar-refractivity contribution is 0.413. The number of hydrogen-bond donors (Lipinski definition) is 0. The van der Waals surface area contributed by atoms with Gasteiger partial charge in [-0.3, -0.25) is 0 Å². The van der Waals surface area contributed by atoms with Crippen LogP contribution in [0.5, 0.6) is 0 Å². The van der Waals surface area contributed by atoms with Gasteiger partial charge in [-0.2, -0.15) is 4.98 Å². The lowest BCUT2D eigenvalue weighted by Crippen LogP contribution is -1.89. The van der Waals surface area contributed by atoms with Gasteiger partial charge in [0.05, 0.1) is 0 Å². The fourth-order valence-electron chi connectivity index (χ4n) is 1.13. The summed E-state index contributed by atoms with van der Waals surface area (Å²) in [5, 5.41) is 4.43. The van der Waals surface area contributed by atoms with Crippen LogP contribution in [0.4, 0.5) is 0 Å². The summed E-state index contributed by atoms with van der Waals surface area (Å²) in [5.74, 6) is 0.553. The molecule has 0 amide bonds. The van der Waals surface area contributed by atoms with Gasteiger partial charge in [0.15, 0.2) is 5.82 Å². The lowest BCUT2D eigenvalue weighted by Gasteiger charge is -1.96. The Hall–Kier alpha value is -1.06. The number of rotatable bonds is 2. The van der Waals surface area contributed by atoms with Crippen LogP contribution in [0.25, 0.3) is 0 Å². The quantitative estimate of drug-likeness (QED) is 0.794. The molecule has 0 spiro atoms. The maximum atomic E-state index is 5.83. The summed E-state index contributed by atoms with van der Waals surface area (Å²) in [7, 11) is 0. The molecule has 0 fully saturated rings. The van der Waals surface area contributed by atoms with Gasteiger partial charge in [0.2, 0.25) is 0 Å². The highest BCUT2D eigenvalue weighted by molar-refractivity contribution is 6.30. The third-order valence-electron chi connectivity index (χ3n) is 1.69. The average molecular weight is 229 g/mol. The van der Waals surface area contributed by atoms with Gasteiger partial charge in [-0.15, -0.1) is 0 Å². The summed E-state index contributed by atoms with van der Waals surface area (Å²) in [6, 6.07) is 7.48. The Bertz CT molecular complexity index is 442. The highest BCUT2D eigenvalue weighted by atomic mass is 35.5. The Morgan fingerprint density at radius 2 is 2.14 bits per heavy atom. The van der Waals surface area contributed by atoms with E-state index in [-0.39, 0.29) is 5.35 Å². The van der Waals surface area contributed by atoms with Crippen molar-refractivity contribution in [1.29, 1.82) is 0 Å². The minimum absolute atomic E-state index is 0.0574. The molecular weight excluding hydrogens is 223 g/mol. The van der Waals surface area contributed by atoms with Crippen LogP contribution in [0, 0.1) is 0 Å². The van der Waals surface area contributed by atoms with E-state index in [0.29, 0.717) is 17.3 Å². The molecule has 1 heterocycles. The minimum atomic E-state index is 0.0574. The summed E-state index contributed by atoms with van der Waals surface area (Å²) < 4.78 is 4.64. The van der Waals surface area contributed by atoms with Crippen molar-refractivity contribution in [3.63, 3.8) is 0 Å². The van der Waals surface area contributed by atoms with Crippen molar-refractivity contribution in [2.24, 2.45) is 0 Å². The van der Waals surface area contributed by atoms with E-state index >= 15 is 0 Å². The summed E-state index contributed by atoms with van der Waals surface area (Å²) in [5.41, 5.74) is 1.02. The first-order valence-corrected chi connectivity index (χ1v) is 4.72. The highest BCUT2D eigenvalue weighted by Crippen LogP contribution is 2.14. The molecule has 0 N–H and O–H groups in total. The molecule has 0 bridgehead atoms. The molecular formula is C9H6Cl2N2O. The van der Waals surface area contributed by atoms with Gasteiger partial charge in [0.25, 0.3) is 0 Å².